The molecule has 0 saturated heterocycles. The SMILES string of the molecule is COc1ccc(CC(=O)Oc2ccc(/C=C(/C#N)c3ccccc3)cc2)cc1. The van der Waals surface area contributed by atoms with Crippen LogP contribution in [-0.4, -0.2) is 13.1 Å². The van der Waals surface area contributed by atoms with Crippen LogP contribution in [0.25, 0.3) is 11.6 Å². The van der Waals surface area contributed by atoms with Crippen molar-refractivity contribution in [2.75, 3.05) is 7.11 Å². The highest BCUT2D eigenvalue weighted by molar-refractivity contribution is 5.89. The number of nitriles is 1. The number of hydrogen-bond donors (Lipinski definition) is 0. The average molecular weight is 369 g/mol. The molecule has 0 aromatic heterocycles. The van der Waals surface area contributed by atoms with Crippen LogP contribution >= 0.6 is 0 Å². The molecule has 3 rings (SSSR count). The Labute approximate surface area is 164 Å². The monoisotopic (exact) mass is 369 g/mol. The summed E-state index contributed by atoms with van der Waals surface area (Å²) in [7, 11) is 1.60. The molecule has 3 aromatic rings. The average Bonchev–Trinajstić information content (AvgIpc) is 2.74. The van der Waals surface area contributed by atoms with Gasteiger partial charge in [-0.25, -0.2) is 0 Å². The van der Waals surface area contributed by atoms with E-state index in [9.17, 15) is 10.1 Å². The molecule has 0 aliphatic carbocycles. The molecule has 0 saturated carbocycles. The van der Waals surface area contributed by atoms with Crippen LogP contribution in [0.4, 0.5) is 0 Å². The Bertz CT molecular complexity index is 998. The Morgan fingerprint density at radius 2 is 1.57 bits per heavy atom. The summed E-state index contributed by atoms with van der Waals surface area (Å²) in [4.78, 5) is 12.1. The second-order valence-electron chi connectivity index (χ2n) is 6.10. The molecule has 0 bridgehead atoms. The van der Waals surface area contributed by atoms with Crippen LogP contribution in [0.2, 0.25) is 0 Å². The minimum absolute atomic E-state index is 0.179. The number of carbonyl (C=O) groups excluding carboxylic acids is 1. The molecule has 0 N–H and O–H groups in total. The van der Waals surface area contributed by atoms with E-state index < -0.39 is 0 Å². The molecule has 138 valence electrons. The zero-order chi connectivity index (χ0) is 19.8. The van der Waals surface area contributed by atoms with Gasteiger partial charge < -0.3 is 9.47 Å². The molecular formula is C24H19NO3. The summed E-state index contributed by atoms with van der Waals surface area (Å²) in [5.41, 5.74) is 3.15. The van der Waals surface area contributed by atoms with Gasteiger partial charge in [0.2, 0.25) is 0 Å². The van der Waals surface area contributed by atoms with E-state index in [2.05, 4.69) is 6.07 Å². The molecular weight excluding hydrogens is 350 g/mol. The fourth-order valence-electron chi connectivity index (χ4n) is 2.67. The quantitative estimate of drug-likeness (QED) is 0.268. The largest absolute Gasteiger partial charge is 0.497 e. The zero-order valence-corrected chi connectivity index (χ0v) is 15.5. The molecule has 3 aromatic carbocycles. The van der Waals surface area contributed by atoms with Crippen molar-refractivity contribution in [3.63, 3.8) is 0 Å². The van der Waals surface area contributed by atoms with Crippen molar-refractivity contribution in [1.82, 2.24) is 0 Å². The normalized spacial score (nSPS) is 10.8. The molecule has 0 unspecified atom stereocenters. The summed E-state index contributed by atoms with van der Waals surface area (Å²) < 4.78 is 10.5. The minimum Gasteiger partial charge on any atom is -0.497 e. The Balaban J connectivity index is 1.64. The van der Waals surface area contributed by atoms with Gasteiger partial charge >= 0.3 is 5.97 Å². The van der Waals surface area contributed by atoms with Crippen LogP contribution in [0, 0.1) is 11.3 Å². The summed E-state index contributed by atoms with van der Waals surface area (Å²) in [6.45, 7) is 0. The predicted molar refractivity (Wildman–Crippen MR) is 109 cm³/mol. The molecule has 0 aliphatic heterocycles. The van der Waals surface area contributed by atoms with Crippen LogP contribution in [0.5, 0.6) is 11.5 Å². The van der Waals surface area contributed by atoms with Crippen LogP contribution < -0.4 is 9.47 Å². The maximum atomic E-state index is 12.1. The lowest BCUT2D eigenvalue weighted by Gasteiger charge is -2.06. The number of ether oxygens (including phenoxy) is 2. The molecule has 0 fully saturated rings. The number of methoxy groups -OCH3 is 1. The highest BCUT2D eigenvalue weighted by atomic mass is 16.5. The van der Waals surface area contributed by atoms with Crippen LogP contribution in [-0.2, 0) is 11.2 Å². The highest BCUT2D eigenvalue weighted by Crippen LogP contribution is 2.20. The molecule has 4 nitrogen and oxygen atoms in total. The number of nitrogens with zero attached hydrogens (tertiary/aromatic N) is 1. The van der Waals surface area contributed by atoms with Crippen LogP contribution in [0.15, 0.2) is 78.9 Å². The van der Waals surface area contributed by atoms with Crippen LogP contribution in [0.3, 0.4) is 0 Å². The first-order valence-corrected chi connectivity index (χ1v) is 8.79. The molecule has 0 atom stereocenters. The van der Waals surface area contributed by atoms with Crippen molar-refractivity contribution < 1.29 is 14.3 Å². The fraction of sp³-hybridized carbons (Fsp3) is 0.0833. The number of carbonyl (C=O) groups is 1. The fourth-order valence-corrected chi connectivity index (χ4v) is 2.67. The Kier molecular flexibility index (Phi) is 6.22. The van der Waals surface area contributed by atoms with Crippen LogP contribution in [0.1, 0.15) is 16.7 Å². The number of benzene rings is 3. The standard InChI is InChI=1S/C24H19NO3/c1-27-22-11-7-19(8-12-22)16-24(26)28-23-13-9-18(10-14-23)15-21(17-25)20-5-3-2-4-6-20/h2-15H,16H2,1H3/b21-15-. The summed E-state index contributed by atoms with van der Waals surface area (Å²) in [6.07, 6.45) is 1.98. The highest BCUT2D eigenvalue weighted by Gasteiger charge is 2.07. The maximum Gasteiger partial charge on any atom is 0.315 e. The summed E-state index contributed by atoms with van der Waals surface area (Å²) in [6, 6.07) is 26.1. The number of allylic oxidation sites excluding steroid dienone is 1. The lowest BCUT2D eigenvalue weighted by atomic mass is 10.0. The first-order chi connectivity index (χ1) is 13.7. The van der Waals surface area contributed by atoms with Gasteiger partial charge in [-0.1, -0.05) is 54.6 Å². The van der Waals surface area contributed by atoms with E-state index in [0.29, 0.717) is 11.3 Å². The number of esters is 1. The van der Waals surface area contributed by atoms with Gasteiger partial charge in [-0.3, -0.25) is 4.79 Å². The topological polar surface area (TPSA) is 59.3 Å². The summed E-state index contributed by atoms with van der Waals surface area (Å²) in [5.74, 6) is 0.873. The first kappa shape index (κ1) is 18.9. The Morgan fingerprint density at radius 3 is 2.18 bits per heavy atom. The first-order valence-electron chi connectivity index (χ1n) is 8.79. The van der Waals surface area contributed by atoms with E-state index in [1.165, 1.54) is 0 Å². The molecule has 0 radical (unpaired) electrons. The van der Waals surface area contributed by atoms with Gasteiger partial charge in [0.05, 0.1) is 25.2 Å². The van der Waals surface area contributed by atoms with Gasteiger partial charge in [0, 0.05) is 0 Å². The lowest BCUT2D eigenvalue weighted by Crippen LogP contribution is -2.11. The molecule has 0 heterocycles. The molecule has 28 heavy (non-hydrogen) atoms. The molecule has 0 amide bonds. The summed E-state index contributed by atoms with van der Waals surface area (Å²) in [5, 5.41) is 9.39. The summed E-state index contributed by atoms with van der Waals surface area (Å²) >= 11 is 0. The van der Waals surface area contributed by atoms with E-state index in [0.717, 1.165) is 22.4 Å². The van der Waals surface area contributed by atoms with Gasteiger partial charge in [-0.15, -0.1) is 0 Å². The number of hydrogen-bond acceptors (Lipinski definition) is 4. The van der Waals surface area contributed by atoms with Gasteiger partial charge in [0.15, 0.2) is 0 Å². The third kappa shape index (κ3) is 5.09. The van der Waals surface area contributed by atoms with Crippen molar-refractivity contribution in [3.8, 4) is 17.6 Å². The van der Waals surface area contributed by atoms with Gasteiger partial charge in [0.1, 0.15) is 11.5 Å². The third-order valence-electron chi connectivity index (χ3n) is 4.14. The molecule has 0 aliphatic rings. The van der Waals surface area contributed by atoms with Gasteiger partial charge in [0.25, 0.3) is 0 Å². The lowest BCUT2D eigenvalue weighted by molar-refractivity contribution is -0.133. The Hall–Kier alpha value is -3.84. The number of rotatable bonds is 6. The van der Waals surface area contributed by atoms with Gasteiger partial charge in [-0.2, -0.15) is 5.26 Å². The van der Waals surface area contributed by atoms with Crippen molar-refractivity contribution in [2.24, 2.45) is 0 Å². The van der Waals surface area contributed by atoms with Crippen molar-refractivity contribution in [2.45, 2.75) is 6.42 Å². The van der Waals surface area contributed by atoms with Crippen molar-refractivity contribution in [1.29, 1.82) is 5.26 Å². The van der Waals surface area contributed by atoms with E-state index in [4.69, 9.17) is 9.47 Å². The van der Waals surface area contributed by atoms with Gasteiger partial charge in [-0.05, 0) is 47.0 Å². The Morgan fingerprint density at radius 1 is 0.929 bits per heavy atom. The molecule has 0 spiro atoms. The van der Waals surface area contributed by atoms with E-state index >= 15 is 0 Å². The van der Waals surface area contributed by atoms with E-state index in [1.54, 1.807) is 25.3 Å². The maximum absolute atomic E-state index is 12.1. The predicted octanol–water partition coefficient (Wildman–Crippen LogP) is 4.91. The van der Waals surface area contributed by atoms with Crippen molar-refractivity contribution in [3.05, 3.63) is 95.6 Å². The van der Waals surface area contributed by atoms with E-state index in [-0.39, 0.29) is 12.4 Å². The second kappa shape index (κ2) is 9.20. The van der Waals surface area contributed by atoms with Crippen molar-refractivity contribution >= 4 is 17.6 Å². The van der Waals surface area contributed by atoms with E-state index in [1.807, 2.05) is 66.7 Å². The second-order valence-corrected chi connectivity index (χ2v) is 6.10. The third-order valence-corrected chi connectivity index (χ3v) is 4.14. The minimum atomic E-state index is -0.338. The molecule has 4 heteroatoms. The smallest absolute Gasteiger partial charge is 0.315 e. The zero-order valence-electron chi connectivity index (χ0n) is 15.5.